The van der Waals surface area contributed by atoms with Gasteiger partial charge in [-0.3, -0.25) is 4.79 Å². The molecule has 0 aliphatic heterocycles. The van der Waals surface area contributed by atoms with Crippen molar-refractivity contribution in [2.45, 2.75) is 13.3 Å². The molecule has 0 saturated heterocycles. The van der Waals surface area contributed by atoms with Crippen molar-refractivity contribution in [3.05, 3.63) is 28.0 Å². The molecule has 1 heterocycles. The highest BCUT2D eigenvalue weighted by molar-refractivity contribution is 6.33. The van der Waals surface area contributed by atoms with Crippen molar-refractivity contribution in [2.75, 3.05) is 13.6 Å². The zero-order valence-electron chi connectivity index (χ0n) is 9.78. The van der Waals surface area contributed by atoms with E-state index in [9.17, 15) is 4.79 Å². The highest BCUT2D eigenvalue weighted by Gasteiger charge is 2.34. The van der Waals surface area contributed by atoms with Gasteiger partial charge in [-0.1, -0.05) is 30.1 Å². The molecular formula is C12H14Cl2N2O. The Kier molecular flexibility index (Phi) is 3.59. The number of amides is 1. The summed E-state index contributed by atoms with van der Waals surface area (Å²) in [6.45, 7) is 2.99. The van der Waals surface area contributed by atoms with Crippen molar-refractivity contribution >= 4 is 29.1 Å². The molecule has 17 heavy (non-hydrogen) atoms. The van der Waals surface area contributed by atoms with Crippen molar-refractivity contribution in [1.82, 2.24) is 9.88 Å². The van der Waals surface area contributed by atoms with Crippen LogP contribution in [0, 0.1) is 11.8 Å². The smallest absolute Gasteiger partial charge is 0.253 e. The van der Waals surface area contributed by atoms with Crippen LogP contribution >= 0.6 is 23.2 Å². The van der Waals surface area contributed by atoms with Gasteiger partial charge in [0.2, 0.25) is 0 Å². The molecule has 1 aromatic heterocycles. The number of halogens is 2. The first-order valence-corrected chi connectivity index (χ1v) is 6.31. The van der Waals surface area contributed by atoms with Gasteiger partial charge in [0.1, 0.15) is 10.3 Å². The van der Waals surface area contributed by atoms with Crippen LogP contribution in [0.5, 0.6) is 0 Å². The molecule has 0 radical (unpaired) electrons. The molecule has 0 N–H and O–H groups in total. The van der Waals surface area contributed by atoms with Crippen molar-refractivity contribution in [3.8, 4) is 0 Å². The first-order valence-electron chi connectivity index (χ1n) is 5.56. The molecule has 5 heteroatoms. The van der Waals surface area contributed by atoms with Crippen LogP contribution in [0.25, 0.3) is 0 Å². The Morgan fingerprint density at radius 3 is 2.47 bits per heavy atom. The van der Waals surface area contributed by atoms with Crippen LogP contribution in [-0.2, 0) is 0 Å². The maximum Gasteiger partial charge on any atom is 0.253 e. The summed E-state index contributed by atoms with van der Waals surface area (Å²) in [6.07, 6.45) is 1.20. The standard InChI is InChI=1S/C12H14Cl2N2O/c1-7-3-9(7)6-16(2)12(17)8-4-10(13)15-11(14)5-8/h4-5,7,9H,3,6H2,1-2H3. The summed E-state index contributed by atoms with van der Waals surface area (Å²) in [4.78, 5) is 17.6. The summed E-state index contributed by atoms with van der Waals surface area (Å²) in [5.74, 6) is 1.31. The number of nitrogens with zero attached hydrogens (tertiary/aromatic N) is 2. The number of aromatic nitrogens is 1. The summed E-state index contributed by atoms with van der Waals surface area (Å²) in [5, 5.41) is 0.489. The fraction of sp³-hybridized carbons (Fsp3) is 0.500. The Morgan fingerprint density at radius 2 is 2.00 bits per heavy atom. The summed E-state index contributed by atoms with van der Waals surface area (Å²) in [5.41, 5.74) is 0.491. The van der Waals surface area contributed by atoms with E-state index in [0.717, 1.165) is 12.5 Å². The molecule has 2 unspecified atom stereocenters. The van der Waals surface area contributed by atoms with Crippen molar-refractivity contribution < 1.29 is 4.79 Å². The minimum atomic E-state index is -0.0599. The minimum Gasteiger partial charge on any atom is -0.341 e. The second-order valence-electron chi connectivity index (χ2n) is 4.66. The predicted molar refractivity (Wildman–Crippen MR) is 68.5 cm³/mol. The summed E-state index contributed by atoms with van der Waals surface area (Å²) >= 11 is 11.5. The second kappa shape index (κ2) is 4.83. The molecule has 1 amide bonds. The predicted octanol–water partition coefficient (Wildman–Crippen LogP) is 3.12. The van der Waals surface area contributed by atoms with Crippen LogP contribution in [0.1, 0.15) is 23.7 Å². The number of hydrogen-bond acceptors (Lipinski definition) is 2. The molecule has 2 rings (SSSR count). The summed E-state index contributed by atoms with van der Waals surface area (Å²) < 4.78 is 0. The van der Waals surface area contributed by atoms with E-state index in [1.807, 2.05) is 0 Å². The first-order chi connectivity index (χ1) is 7.97. The Hall–Kier alpha value is -0.800. The summed E-state index contributed by atoms with van der Waals surface area (Å²) in [6, 6.07) is 3.09. The molecule has 1 aromatic rings. The number of hydrogen-bond donors (Lipinski definition) is 0. The second-order valence-corrected chi connectivity index (χ2v) is 5.43. The molecule has 0 spiro atoms. The van der Waals surface area contributed by atoms with Crippen LogP contribution in [0.2, 0.25) is 10.3 Å². The average molecular weight is 273 g/mol. The van der Waals surface area contributed by atoms with E-state index >= 15 is 0 Å². The van der Waals surface area contributed by atoms with E-state index in [-0.39, 0.29) is 16.2 Å². The molecule has 1 fully saturated rings. The van der Waals surface area contributed by atoms with Crippen molar-refractivity contribution in [3.63, 3.8) is 0 Å². The van der Waals surface area contributed by atoms with E-state index in [1.165, 1.54) is 6.42 Å². The SMILES string of the molecule is CC1CC1CN(C)C(=O)c1cc(Cl)nc(Cl)c1. The van der Waals surface area contributed by atoms with E-state index < -0.39 is 0 Å². The van der Waals surface area contributed by atoms with Crippen LogP contribution < -0.4 is 0 Å². The van der Waals surface area contributed by atoms with E-state index in [4.69, 9.17) is 23.2 Å². The zero-order valence-corrected chi connectivity index (χ0v) is 11.3. The maximum absolute atomic E-state index is 12.1. The lowest BCUT2D eigenvalue weighted by atomic mass is 10.2. The first kappa shape index (κ1) is 12.7. The molecule has 2 atom stereocenters. The summed E-state index contributed by atoms with van der Waals surface area (Å²) in [7, 11) is 1.80. The van der Waals surface area contributed by atoms with Gasteiger partial charge in [-0.05, 0) is 30.4 Å². The molecule has 92 valence electrons. The topological polar surface area (TPSA) is 33.2 Å². The molecule has 1 aliphatic carbocycles. The molecule has 3 nitrogen and oxygen atoms in total. The van der Waals surface area contributed by atoms with Crippen molar-refractivity contribution in [1.29, 1.82) is 0 Å². The zero-order chi connectivity index (χ0) is 12.6. The molecule has 0 bridgehead atoms. The van der Waals surface area contributed by atoms with Crippen molar-refractivity contribution in [2.24, 2.45) is 11.8 Å². The highest BCUT2D eigenvalue weighted by Crippen LogP contribution is 2.38. The number of carbonyl (C=O) groups excluding carboxylic acids is 1. The Balaban J connectivity index is 2.07. The van der Waals surface area contributed by atoms with Crippen LogP contribution in [0.15, 0.2) is 12.1 Å². The Bertz CT molecular complexity index is 430. The fourth-order valence-corrected chi connectivity index (χ4v) is 2.36. The van der Waals surface area contributed by atoms with Gasteiger partial charge in [0.05, 0.1) is 0 Å². The molecule has 1 saturated carbocycles. The molecular weight excluding hydrogens is 259 g/mol. The van der Waals surface area contributed by atoms with Gasteiger partial charge in [-0.15, -0.1) is 0 Å². The lowest BCUT2D eigenvalue weighted by molar-refractivity contribution is 0.0787. The quantitative estimate of drug-likeness (QED) is 0.793. The molecule has 0 aromatic carbocycles. The lowest BCUT2D eigenvalue weighted by Crippen LogP contribution is -2.29. The van der Waals surface area contributed by atoms with Gasteiger partial charge in [-0.25, -0.2) is 4.98 Å². The third-order valence-electron chi connectivity index (χ3n) is 3.14. The van der Waals surface area contributed by atoms with Gasteiger partial charge >= 0.3 is 0 Å². The fourth-order valence-electron chi connectivity index (χ4n) is 1.90. The normalized spacial score (nSPS) is 22.4. The van der Waals surface area contributed by atoms with Gasteiger partial charge in [-0.2, -0.15) is 0 Å². The van der Waals surface area contributed by atoms with Crippen LogP contribution in [0.3, 0.4) is 0 Å². The minimum absolute atomic E-state index is 0.0599. The van der Waals surface area contributed by atoms with Gasteiger partial charge in [0.15, 0.2) is 0 Å². The van der Waals surface area contributed by atoms with E-state index in [0.29, 0.717) is 11.5 Å². The average Bonchev–Trinajstić information content (AvgIpc) is 2.91. The largest absolute Gasteiger partial charge is 0.341 e. The number of pyridine rings is 1. The van der Waals surface area contributed by atoms with E-state index in [2.05, 4.69) is 11.9 Å². The highest BCUT2D eigenvalue weighted by atomic mass is 35.5. The number of rotatable bonds is 3. The lowest BCUT2D eigenvalue weighted by Gasteiger charge is -2.17. The van der Waals surface area contributed by atoms with Gasteiger partial charge < -0.3 is 4.90 Å². The van der Waals surface area contributed by atoms with Crippen LogP contribution in [0.4, 0.5) is 0 Å². The number of carbonyl (C=O) groups is 1. The van der Waals surface area contributed by atoms with Crippen LogP contribution in [-0.4, -0.2) is 29.4 Å². The maximum atomic E-state index is 12.1. The molecule has 1 aliphatic rings. The van der Waals surface area contributed by atoms with Gasteiger partial charge in [0, 0.05) is 19.2 Å². The third kappa shape index (κ3) is 3.11. The third-order valence-corrected chi connectivity index (χ3v) is 3.53. The van der Waals surface area contributed by atoms with Gasteiger partial charge in [0.25, 0.3) is 5.91 Å². The van der Waals surface area contributed by atoms with E-state index in [1.54, 1.807) is 24.1 Å². The Labute approximate surface area is 111 Å². The Morgan fingerprint density at radius 1 is 1.47 bits per heavy atom. The monoisotopic (exact) mass is 272 g/mol.